The van der Waals surface area contributed by atoms with Gasteiger partial charge >= 0.3 is 6.16 Å². The molecule has 2 rings (SSSR count). The minimum atomic E-state index is -0.534. The second-order valence-electron chi connectivity index (χ2n) is 5.49. The van der Waals surface area contributed by atoms with E-state index in [0.29, 0.717) is 6.10 Å². The van der Waals surface area contributed by atoms with E-state index in [4.69, 9.17) is 14.2 Å². The molecule has 4 unspecified atom stereocenters. The highest BCUT2D eigenvalue weighted by molar-refractivity contribution is 5.63. The molecule has 0 aromatic carbocycles. The maximum atomic E-state index is 11.2. The maximum Gasteiger partial charge on any atom is 0.509 e. The summed E-state index contributed by atoms with van der Waals surface area (Å²) in [6.07, 6.45) is 3.24. The van der Waals surface area contributed by atoms with Crippen molar-refractivity contribution in [1.29, 1.82) is 0 Å². The summed E-state index contributed by atoms with van der Waals surface area (Å²) >= 11 is 0. The first-order valence-corrected chi connectivity index (χ1v) is 6.51. The molecule has 0 bridgehead atoms. The van der Waals surface area contributed by atoms with E-state index >= 15 is 0 Å². The van der Waals surface area contributed by atoms with Gasteiger partial charge in [-0.25, -0.2) is 4.79 Å². The molecule has 0 aromatic heterocycles. The molecule has 0 saturated carbocycles. The van der Waals surface area contributed by atoms with Crippen LogP contribution in [0.2, 0.25) is 0 Å². The summed E-state index contributed by atoms with van der Waals surface area (Å²) in [7, 11) is 0. The van der Waals surface area contributed by atoms with E-state index in [1.165, 1.54) is 0 Å². The number of hydrogen-bond donors (Lipinski definition) is 0. The molecule has 0 aliphatic carbocycles. The van der Waals surface area contributed by atoms with Gasteiger partial charge in [-0.2, -0.15) is 0 Å². The lowest BCUT2D eigenvalue weighted by Gasteiger charge is -2.25. The Morgan fingerprint density at radius 3 is 2.41 bits per heavy atom. The fourth-order valence-electron chi connectivity index (χ4n) is 2.63. The van der Waals surface area contributed by atoms with Crippen LogP contribution < -0.4 is 0 Å². The van der Waals surface area contributed by atoms with E-state index in [-0.39, 0.29) is 11.7 Å². The van der Waals surface area contributed by atoms with Crippen molar-refractivity contribution >= 4 is 6.16 Å². The zero-order valence-electron chi connectivity index (χ0n) is 11.1. The first kappa shape index (κ1) is 12.7. The fraction of sp³-hybridized carbons (Fsp3) is 0.923. The van der Waals surface area contributed by atoms with Crippen molar-refractivity contribution in [3.63, 3.8) is 0 Å². The zero-order chi connectivity index (χ0) is 12.7. The van der Waals surface area contributed by atoms with Gasteiger partial charge in [-0.15, -0.1) is 0 Å². The normalized spacial score (nSPS) is 44.4. The van der Waals surface area contributed by atoms with Crippen molar-refractivity contribution in [1.82, 2.24) is 0 Å². The molecule has 2 saturated heterocycles. The Morgan fingerprint density at radius 2 is 1.88 bits per heavy atom. The molecule has 2 heterocycles. The molecule has 4 heteroatoms. The van der Waals surface area contributed by atoms with Gasteiger partial charge in [-0.3, -0.25) is 0 Å². The third kappa shape index (κ3) is 2.28. The molecule has 4 atom stereocenters. The van der Waals surface area contributed by atoms with E-state index in [9.17, 15) is 4.79 Å². The second kappa shape index (κ2) is 4.16. The number of carbonyl (C=O) groups is 1. The Morgan fingerprint density at radius 1 is 1.18 bits per heavy atom. The number of carbonyl (C=O) groups excluding carboxylic acids is 1. The monoisotopic (exact) mass is 242 g/mol. The van der Waals surface area contributed by atoms with Crippen LogP contribution in [0.4, 0.5) is 4.79 Å². The molecule has 2 fully saturated rings. The van der Waals surface area contributed by atoms with Crippen molar-refractivity contribution in [2.45, 2.75) is 76.8 Å². The van der Waals surface area contributed by atoms with Gasteiger partial charge in [0.1, 0.15) is 11.7 Å². The van der Waals surface area contributed by atoms with E-state index in [1.807, 2.05) is 13.8 Å². The molecule has 4 nitrogen and oxygen atoms in total. The third-order valence-corrected chi connectivity index (χ3v) is 4.25. The highest BCUT2D eigenvalue weighted by atomic mass is 16.8. The molecule has 2 aliphatic heterocycles. The maximum absolute atomic E-state index is 11.2. The fourth-order valence-corrected chi connectivity index (χ4v) is 2.63. The topological polar surface area (TPSA) is 48.1 Å². The Kier molecular flexibility index (Phi) is 3.10. The van der Waals surface area contributed by atoms with Crippen LogP contribution in [0.25, 0.3) is 0 Å². The van der Waals surface area contributed by atoms with Crippen molar-refractivity contribution in [3.05, 3.63) is 0 Å². The summed E-state index contributed by atoms with van der Waals surface area (Å²) in [5.41, 5.74) is -0.484. The van der Waals surface area contributed by atoms with E-state index in [1.54, 1.807) is 0 Å². The molecule has 0 amide bonds. The quantitative estimate of drug-likeness (QED) is 0.549. The van der Waals surface area contributed by atoms with Gasteiger partial charge < -0.3 is 14.2 Å². The van der Waals surface area contributed by atoms with Crippen LogP contribution in [0, 0.1) is 0 Å². The average molecular weight is 242 g/mol. The molecule has 0 radical (unpaired) electrons. The molecular weight excluding hydrogens is 220 g/mol. The van der Waals surface area contributed by atoms with Gasteiger partial charge in [-0.1, -0.05) is 13.8 Å². The van der Waals surface area contributed by atoms with Gasteiger partial charge in [0.2, 0.25) is 0 Å². The summed E-state index contributed by atoms with van der Waals surface area (Å²) in [5.74, 6) is 0. The molecule has 2 aliphatic rings. The van der Waals surface area contributed by atoms with Crippen molar-refractivity contribution in [3.8, 4) is 0 Å². The Balaban J connectivity index is 1.89. The molecule has 0 aromatic rings. The van der Waals surface area contributed by atoms with Crippen LogP contribution in [0.1, 0.15) is 53.4 Å². The van der Waals surface area contributed by atoms with Crippen LogP contribution in [0.5, 0.6) is 0 Å². The molecule has 0 spiro atoms. The number of epoxide rings is 1. The molecule has 98 valence electrons. The predicted molar refractivity (Wildman–Crippen MR) is 62.9 cm³/mol. The van der Waals surface area contributed by atoms with Gasteiger partial charge in [0, 0.05) is 0 Å². The lowest BCUT2D eigenvalue weighted by Crippen LogP contribution is -2.36. The highest BCUT2D eigenvalue weighted by Crippen LogP contribution is 2.44. The Hall–Kier alpha value is -0.770. The second-order valence-corrected chi connectivity index (χ2v) is 5.49. The Bertz CT molecular complexity index is 317. The SMILES string of the molecule is CCC1OC1(C)CCC1OC(=O)OC1(C)CC. The van der Waals surface area contributed by atoms with Gasteiger partial charge in [0.25, 0.3) is 0 Å². The first-order chi connectivity index (χ1) is 7.93. The van der Waals surface area contributed by atoms with Crippen LogP contribution in [-0.4, -0.2) is 29.6 Å². The van der Waals surface area contributed by atoms with Gasteiger partial charge in [-0.05, 0) is 39.5 Å². The van der Waals surface area contributed by atoms with E-state index in [0.717, 1.165) is 25.7 Å². The van der Waals surface area contributed by atoms with Crippen LogP contribution in [0.15, 0.2) is 0 Å². The van der Waals surface area contributed by atoms with Crippen LogP contribution >= 0.6 is 0 Å². The van der Waals surface area contributed by atoms with Crippen molar-refractivity contribution in [2.75, 3.05) is 0 Å². The van der Waals surface area contributed by atoms with Crippen LogP contribution in [-0.2, 0) is 14.2 Å². The minimum absolute atomic E-state index is 0.0155. The summed E-state index contributed by atoms with van der Waals surface area (Å²) in [5, 5.41) is 0. The van der Waals surface area contributed by atoms with E-state index in [2.05, 4.69) is 13.8 Å². The van der Waals surface area contributed by atoms with Crippen molar-refractivity contribution in [2.24, 2.45) is 0 Å². The Labute approximate surface area is 103 Å². The first-order valence-electron chi connectivity index (χ1n) is 6.51. The highest BCUT2D eigenvalue weighted by Gasteiger charge is 2.53. The summed E-state index contributed by atoms with van der Waals surface area (Å²) in [4.78, 5) is 11.2. The molecular formula is C13H22O4. The predicted octanol–water partition coefficient (Wildman–Crippen LogP) is 3.04. The van der Waals surface area contributed by atoms with Crippen molar-refractivity contribution < 1.29 is 19.0 Å². The molecule has 17 heavy (non-hydrogen) atoms. The summed E-state index contributed by atoms with van der Waals surface area (Å²) < 4.78 is 16.2. The standard InChI is InChI=1S/C13H22O4/c1-5-9-13(4,16-9)8-7-10-12(3,6-2)17-11(14)15-10/h9-10H,5-8H2,1-4H3. The van der Waals surface area contributed by atoms with Gasteiger partial charge in [0.15, 0.2) is 0 Å². The number of ether oxygens (including phenoxy) is 3. The van der Waals surface area contributed by atoms with Crippen LogP contribution in [0.3, 0.4) is 0 Å². The number of rotatable bonds is 5. The summed E-state index contributed by atoms with van der Waals surface area (Å²) in [6, 6.07) is 0. The summed E-state index contributed by atoms with van der Waals surface area (Å²) in [6.45, 7) is 8.21. The number of hydrogen-bond acceptors (Lipinski definition) is 4. The number of cyclic esters (lactones) is 2. The largest absolute Gasteiger partial charge is 0.509 e. The lowest BCUT2D eigenvalue weighted by atomic mass is 9.89. The smallest absolute Gasteiger partial charge is 0.427 e. The minimum Gasteiger partial charge on any atom is -0.427 e. The van der Waals surface area contributed by atoms with E-state index < -0.39 is 11.8 Å². The lowest BCUT2D eigenvalue weighted by molar-refractivity contribution is 0.0359. The molecule has 0 N–H and O–H groups in total. The van der Waals surface area contributed by atoms with Gasteiger partial charge in [0.05, 0.1) is 11.7 Å². The average Bonchev–Trinajstić information content (AvgIpc) is 2.85. The zero-order valence-corrected chi connectivity index (χ0v) is 11.1. The third-order valence-electron chi connectivity index (χ3n) is 4.25.